The number of alkyl halides is 3. The zero-order chi connectivity index (χ0) is 32.8. The first-order chi connectivity index (χ1) is 22.0. The van der Waals surface area contributed by atoms with Gasteiger partial charge in [-0.15, -0.1) is 0 Å². The Labute approximate surface area is 265 Å². The summed E-state index contributed by atoms with van der Waals surface area (Å²) in [5.41, 5.74) is 2.31. The van der Waals surface area contributed by atoms with Crippen molar-refractivity contribution in [2.45, 2.75) is 51.1 Å². The molecule has 2 aromatic carbocycles. The number of hydrogen-bond donors (Lipinski definition) is 1. The van der Waals surface area contributed by atoms with E-state index in [-0.39, 0.29) is 41.2 Å². The topological polar surface area (TPSA) is 116 Å². The fourth-order valence-electron chi connectivity index (χ4n) is 5.76. The van der Waals surface area contributed by atoms with Crippen LogP contribution < -0.4 is 10.1 Å². The number of halogens is 3. The molecule has 2 aliphatic rings. The van der Waals surface area contributed by atoms with Crippen molar-refractivity contribution in [2.75, 3.05) is 26.2 Å². The number of aromatic nitrogens is 1. The quantitative estimate of drug-likeness (QED) is 0.329. The summed E-state index contributed by atoms with van der Waals surface area (Å²) in [7, 11) is 0. The number of ketones is 1. The van der Waals surface area contributed by atoms with E-state index in [0.29, 0.717) is 63.5 Å². The summed E-state index contributed by atoms with van der Waals surface area (Å²) in [6.07, 6.45) is -1.97. The van der Waals surface area contributed by atoms with Crippen LogP contribution in [-0.4, -0.2) is 76.9 Å². The predicted molar refractivity (Wildman–Crippen MR) is 162 cm³/mol. The van der Waals surface area contributed by atoms with E-state index in [4.69, 9.17) is 5.26 Å². The Morgan fingerprint density at radius 3 is 2.24 bits per heavy atom. The highest BCUT2D eigenvalue weighted by molar-refractivity contribution is 5.99. The number of carbonyl (C=O) groups excluding carboxylic acids is 3. The molecular formula is C34H34F3N5O4. The lowest BCUT2D eigenvalue weighted by atomic mass is 9.88. The molecule has 0 radical (unpaired) electrons. The Kier molecular flexibility index (Phi) is 10.0. The first-order valence-corrected chi connectivity index (χ1v) is 15.1. The van der Waals surface area contributed by atoms with E-state index in [1.165, 1.54) is 42.6 Å². The molecule has 3 heterocycles. The zero-order valence-corrected chi connectivity index (χ0v) is 25.3. The number of likely N-dealkylation sites (tertiary alicyclic amines) is 2. The van der Waals surface area contributed by atoms with Crippen molar-refractivity contribution < 1.29 is 32.3 Å². The number of rotatable bonds is 9. The largest absolute Gasteiger partial charge is 0.433 e. The van der Waals surface area contributed by atoms with Gasteiger partial charge in [-0.3, -0.25) is 24.3 Å². The van der Waals surface area contributed by atoms with Crippen molar-refractivity contribution in [1.29, 1.82) is 5.26 Å². The lowest BCUT2D eigenvalue weighted by molar-refractivity contribution is -0.158. The molecule has 0 saturated carbocycles. The van der Waals surface area contributed by atoms with E-state index in [1.54, 1.807) is 17.0 Å². The third-order valence-corrected chi connectivity index (χ3v) is 8.26. The molecule has 240 valence electrons. The molecule has 0 aliphatic carbocycles. The van der Waals surface area contributed by atoms with E-state index in [1.807, 2.05) is 17.0 Å². The first-order valence-electron chi connectivity index (χ1n) is 15.1. The van der Waals surface area contributed by atoms with Gasteiger partial charge in [0, 0.05) is 57.3 Å². The summed E-state index contributed by atoms with van der Waals surface area (Å²) in [5, 5.41) is 11.7. The van der Waals surface area contributed by atoms with Crippen molar-refractivity contribution in [3.8, 4) is 11.8 Å². The molecule has 2 fully saturated rings. The van der Waals surface area contributed by atoms with Crippen LogP contribution in [0.15, 0.2) is 66.9 Å². The summed E-state index contributed by atoms with van der Waals surface area (Å²) in [6.45, 7) is 2.63. The third-order valence-electron chi connectivity index (χ3n) is 8.26. The number of amides is 2. The average Bonchev–Trinajstić information content (AvgIpc) is 3.05. The van der Waals surface area contributed by atoms with Crippen LogP contribution in [-0.2, 0) is 6.54 Å². The van der Waals surface area contributed by atoms with Gasteiger partial charge in [0.25, 0.3) is 11.8 Å². The van der Waals surface area contributed by atoms with E-state index < -0.39 is 24.2 Å². The lowest BCUT2D eigenvalue weighted by Gasteiger charge is -2.35. The highest BCUT2D eigenvalue weighted by Crippen LogP contribution is 2.26. The van der Waals surface area contributed by atoms with Crippen LogP contribution in [0.25, 0.3) is 0 Å². The smallest absolute Gasteiger partial charge is 0.394 e. The highest BCUT2D eigenvalue weighted by atomic mass is 19.3. The minimum Gasteiger partial charge on any atom is -0.433 e. The first kappa shape index (κ1) is 32.6. The van der Waals surface area contributed by atoms with Gasteiger partial charge in [-0.25, -0.2) is 4.39 Å². The molecule has 5 rings (SSSR count). The predicted octanol–water partition coefficient (Wildman–Crippen LogP) is 5.02. The van der Waals surface area contributed by atoms with E-state index >= 15 is 0 Å². The molecule has 12 heteroatoms. The summed E-state index contributed by atoms with van der Waals surface area (Å²) in [5.74, 6) is -1.27. The van der Waals surface area contributed by atoms with Crippen LogP contribution in [0, 0.1) is 17.2 Å². The molecule has 0 bridgehead atoms. The van der Waals surface area contributed by atoms with Crippen LogP contribution in [0.4, 0.5) is 13.2 Å². The SMILES string of the molecule is CC(F)(F)Oc1ccc(C(=O)C2CCN(C(=O)c3ccc(C(=O)N[C@@H]4CCN(Cc5ccc(C#N)cc5)C[C@H]4F)cn3)CC2)cc1. The molecular weight excluding hydrogens is 599 g/mol. The summed E-state index contributed by atoms with van der Waals surface area (Å²) in [4.78, 5) is 46.6. The van der Waals surface area contributed by atoms with Crippen molar-refractivity contribution >= 4 is 17.6 Å². The zero-order valence-electron chi connectivity index (χ0n) is 25.3. The molecule has 0 spiro atoms. The fraction of sp³-hybridized carbons (Fsp3) is 0.382. The lowest BCUT2D eigenvalue weighted by Crippen LogP contribution is -2.52. The Morgan fingerprint density at radius 2 is 1.65 bits per heavy atom. The number of Topliss-reactive ketones (excluding diaryl/α,β-unsaturated/α-hetero) is 1. The standard InChI is InChI=1S/C34H34F3N5O4/c1-34(36,37)46-27-9-6-24(7-10-27)31(43)25-12-16-42(17-13-25)33(45)30-11-8-26(19-39-30)32(44)40-29-14-15-41(21-28(29)35)20-23-4-2-22(18-38)3-5-23/h2-11,19,25,28-29H,12-17,20-21H2,1H3,(H,40,44)/t28-,29-/m1/s1. The molecule has 2 amide bonds. The molecule has 1 aromatic heterocycles. The van der Waals surface area contributed by atoms with Crippen molar-refractivity contribution in [1.82, 2.24) is 20.1 Å². The minimum absolute atomic E-state index is 0.0373. The summed E-state index contributed by atoms with van der Waals surface area (Å²) in [6, 6.07) is 17.1. The Hall–Kier alpha value is -4.76. The number of ether oxygens (including phenoxy) is 1. The number of piperidine rings is 2. The van der Waals surface area contributed by atoms with Gasteiger partial charge >= 0.3 is 6.11 Å². The molecule has 2 saturated heterocycles. The van der Waals surface area contributed by atoms with Crippen LogP contribution in [0.5, 0.6) is 5.75 Å². The maximum Gasteiger partial charge on any atom is 0.394 e. The van der Waals surface area contributed by atoms with Gasteiger partial charge in [-0.2, -0.15) is 14.0 Å². The molecule has 2 aliphatic heterocycles. The van der Waals surface area contributed by atoms with E-state index in [0.717, 1.165) is 5.56 Å². The van der Waals surface area contributed by atoms with Gasteiger partial charge < -0.3 is 15.0 Å². The number of nitriles is 1. The monoisotopic (exact) mass is 633 g/mol. The summed E-state index contributed by atoms with van der Waals surface area (Å²) >= 11 is 0. The highest BCUT2D eigenvalue weighted by Gasteiger charge is 2.32. The maximum absolute atomic E-state index is 15.0. The number of benzene rings is 2. The maximum atomic E-state index is 15.0. The van der Waals surface area contributed by atoms with Gasteiger partial charge in [-0.1, -0.05) is 12.1 Å². The van der Waals surface area contributed by atoms with Crippen LogP contribution in [0.3, 0.4) is 0 Å². The van der Waals surface area contributed by atoms with Gasteiger partial charge in [0.2, 0.25) is 0 Å². The number of pyridine rings is 1. The van der Waals surface area contributed by atoms with E-state index in [2.05, 4.69) is 21.1 Å². The molecule has 2 atom stereocenters. The molecule has 1 N–H and O–H groups in total. The van der Waals surface area contributed by atoms with Gasteiger partial charge in [0.1, 0.15) is 17.6 Å². The Bertz CT molecular complexity index is 1580. The second-order valence-corrected chi connectivity index (χ2v) is 11.7. The van der Waals surface area contributed by atoms with E-state index in [9.17, 15) is 27.6 Å². The minimum atomic E-state index is -3.32. The Balaban J connectivity index is 1.08. The van der Waals surface area contributed by atoms with Crippen molar-refractivity contribution in [3.05, 3.63) is 94.8 Å². The molecule has 9 nitrogen and oxygen atoms in total. The third kappa shape index (κ3) is 8.28. The van der Waals surface area contributed by atoms with Crippen molar-refractivity contribution in [2.24, 2.45) is 5.92 Å². The Morgan fingerprint density at radius 1 is 0.978 bits per heavy atom. The number of carbonyl (C=O) groups is 3. The van der Waals surface area contributed by atoms with Crippen LogP contribution >= 0.6 is 0 Å². The second kappa shape index (κ2) is 14.1. The normalized spacial score (nSPS) is 19.2. The average molecular weight is 634 g/mol. The molecule has 0 unspecified atom stereocenters. The summed E-state index contributed by atoms with van der Waals surface area (Å²) < 4.78 is 45.6. The van der Waals surface area contributed by atoms with Gasteiger partial charge in [0.15, 0.2) is 5.78 Å². The van der Waals surface area contributed by atoms with Gasteiger partial charge in [0.05, 0.1) is 23.2 Å². The molecule has 3 aromatic rings. The molecule has 46 heavy (non-hydrogen) atoms. The van der Waals surface area contributed by atoms with Gasteiger partial charge in [-0.05, 0) is 73.4 Å². The second-order valence-electron chi connectivity index (χ2n) is 11.7. The number of nitrogens with one attached hydrogen (secondary N) is 1. The number of nitrogens with zero attached hydrogens (tertiary/aromatic N) is 4. The fourth-order valence-corrected chi connectivity index (χ4v) is 5.76. The van der Waals surface area contributed by atoms with Crippen LogP contribution in [0.1, 0.15) is 68.5 Å². The number of hydrogen-bond acceptors (Lipinski definition) is 7. The van der Waals surface area contributed by atoms with Crippen LogP contribution in [0.2, 0.25) is 0 Å². The van der Waals surface area contributed by atoms with Crippen molar-refractivity contribution in [3.63, 3.8) is 0 Å².